The second-order valence-electron chi connectivity index (χ2n) is 2.66. The zero-order valence-corrected chi connectivity index (χ0v) is 6.77. The maximum Gasteiger partial charge on any atom is 0.160 e. The molecule has 1 aliphatic heterocycles. The van der Waals surface area contributed by atoms with Gasteiger partial charge in [-0.3, -0.25) is 0 Å². The van der Waals surface area contributed by atoms with Crippen LogP contribution in [0.15, 0.2) is 0 Å². The summed E-state index contributed by atoms with van der Waals surface area (Å²) in [5, 5.41) is 27.3. The summed E-state index contributed by atoms with van der Waals surface area (Å²) in [5.41, 5.74) is -0.941. The van der Waals surface area contributed by atoms with Gasteiger partial charge in [-0.05, 0) is 6.92 Å². The minimum atomic E-state index is -1.22. The van der Waals surface area contributed by atoms with E-state index in [1.54, 1.807) is 6.92 Å². The van der Waals surface area contributed by atoms with Gasteiger partial charge < -0.3 is 20.1 Å². The van der Waals surface area contributed by atoms with Crippen molar-refractivity contribution in [2.75, 3.05) is 0 Å². The molecule has 1 saturated heterocycles. The first-order valence-electron chi connectivity index (χ1n) is 3.37. The molecule has 0 spiro atoms. The maximum absolute atomic E-state index is 9.14. The fraction of sp³-hybridized carbons (Fsp3) is 1.00. The van der Waals surface area contributed by atoms with Gasteiger partial charge in [0.1, 0.15) is 18.3 Å². The topological polar surface area (TPSA) is 69.9 Å². The minimum Gasteiger partial charge on any atom is -0.388 e. The molecular formula is C6H11ClO4. The molecule has 1 rings (SSSR count). The van der Waals surface area contributed by atoms with Crippen molar-refractivity contribution in [3.8, 4) is 0 Å². The van der Waals surface area contributed by atoms with E-state index < -0.39 is 30.0 Å². The molecule has 4 nitrogen and oxygen atoms in total. The Morgan fingerprint density at radius 3 is 2.18 bits per heavy atom. The van der Waals surface area contributed by atoms with Crippen LogP contribution in [-0.4, -0.2) is 45.3 Å². The van der Waals surface area contributed by atoms with Crippen LogP contribution in [0.25, 0.3) is 0 Å². The first-order chi connectivity index (χ1) is 5.04. The van der Waals surface area contributed by atoms with Crippen LogP contribution in [0.4, 0.5) is 0 Å². The Bertz CT molecular complexity index is 129. The molecular weight excluding hydrogens is 172 g/mol. The molecule has 0 amide bonds. The monoisotopic (exact) mass is 182 g/mol. The Morgan fingerprint density at radius 2 is 1.64 bits per heavy atom. The average molecular weight is 183 g/mol. The molecule has 5 atom stereocenters. The summed E-state index contributed by atoms with van der Waals surface area (Å²) in [6.45, 7) is 1.58. The SMILES string of the molecule is CC1O[C@@H](Cl)C(O)C(O)[C@H]1O. The maximum atomic E-state index is 9.14. The Balaban J connectivity index is 2.63. The lowest BCUT2D eigenvalue weighted by molar-refractivity contribution is -0.194. The quantitative estimate of drug-likeness (QED) is 0.423. The molecule has 0 aliphatic carbocycles. The van der Waals surface area contributed by atoms with Gasteiger partial charge in [-0.25, -0.2) is 0 Å². The van der Waals surface area contributed by atoms with E-state index in [0.717, 1.165) is 0 Å². The van der Waals surface area contributed by atoms with E-state index in [-0.39, 0.29) is 0 Å². The van der Waals surface area contributed by atoms with Crippen LogP contribution in [-0.2, 0) is 4.74 Å². The first kappa shape index (κ1) is 9.22. The largest absolute Gasteiger partial charge is 0.388 e. The number of halogens is 1. The molecule has 3 unspecified atom stereocenters. The van der Waals surface area contributed by atoms with E-state index >= 15 is 0 Å². The minimum absolute atomic E-state index is 0.545. The lowest BCUT2D eigenvalue weighted by Crippen LogP contribution is -2.54. The number of ether oxygens (including phenoxy) is 1. The Kier molecular flexibility index (Phi) is 2.72. The number of aliphatic hydroxyl groups excluding tert-OH is 3. The van der Waals surface area contributed by atoms with Gasteiger partial charge in [0, 0.05) is 0 Å². The number of alkyl halides is 1. The van der Waals surface area contributed by atoms with Crippen molar-refractivity contribution >= 4 is 11.6 Å². The van der Waals surface area contributed by atoms with Gasteiger partial charge in [0.25, 0.3) is 0 Å². The van der Waals surface area contributed by atoms with E-state index in [9.17, 15) is 0 Å². The number of rotatable bonds is 0. The summed E-state index contributed by atoms with van der Waals surface area (Å²) in [6.07, 6.45) is -4.06. The molecule has 0 saturated carbocycles. The van der Waals surface area contributed by atoms with E-state index in [1.165, 1.54) is 0 Å². The van der Waals surface area contributed by atoms with Gasteiger partial charge in [-0.1, -0.05) is 11.6 Å². The molecule has 1 heterocycles. The van der Waals surface area contributed by atoms with Crippen molar-refractivity contribution in [1.29, 1.82) is 0 Å². The van der Waals surface area contributed by atoms with Gasteiger partial charge in [-0.15, -0.1) is 0 Å². The zero-order chi connectivity index (χ0) is 8.59. The second kappa shape index (κ2) is 3.25. The second-order valence-corrected chi connectivity index (χ2v) is 3.09. The van der Waals surface area contributed by atoms with Crippen LogP contribution in [0.2, 0.25) is 0 Å². The van der Waals surface area contributed by atoms with E-state index in [1.807, 2.05) is 0 Å². The molecule has 66 valence electrons. The molecule has 3 N–H and O–H groups in total. The molecule has 1 fully saturated rings. The van der Waals surface area contributed by atoms with Crippen LogP contribution in [0, 0.1) is 0 Å². The smallest absolute Gasteiger partial charge is 0.160 e. The molecule has 0 bridgehead atoms. The molecule has 5 heteroatoms. The van der Waals surface area contributed by atoms with Crippen LogP contribution < -0.4 is 0 Å². The van der Waals surface area contributed by atoms with Gasteiger partial charge >= 0.3 is 0 Å². The third-order valence-corrected chi connectivity index (χ3v) is 2.15. The van der Waals surface area contributed by atoms with Crippen LogP contribution in [0.1, 0.15) is 6.92 Å². The predicted octanol–water partition coefficient (Wildman–Crippen LogP) is -0.947. The Labute approximate surface area is 69.4 Å². The standard InChI is InChI=1S/C6H11ClO4/c1-2-3(8)4(9)5(10)6(7)11-2/h2-6,8-10H,1H3/t2?,3-,4?,5?,6+/m0/s1. The summed E-state index contributed by atoms with van der Waals surface area (Å²) >= 11 is 5.48. The van der Waals surface area contributed by atoms with Crippen LogP contribution in [0.3, 0.4) is 0 Å². The molecule has 0 radical (unpaired) electrons. The van der Waals surface area contributed by atoms with Crippen LogP contribution >= 0.6 is 11.6 Å². The summed E-state index contributed by atoms with van der Waals surface area (Å²) in [7, 11) is 0. The van der Waals surface area contributed by atoms with Crippen molar-refractivity contribution in [3.63, 3.8) is 0 Å². The highest BCUT2D eigenvalue weighted by molar-refractivity contribution is 6.20. The molecule has 11 heavy (non-hydrogen) atoms. The first-order valence-corrected chi connectivity index (χ1v) is 3.81. The fourth-order valence-electron chi connectivity index (χ4n) is 1.00. The fourth-order valence-corrected chi connectivity index (χ4v) is 1.31. The summed E-state index contributed by atoms with van der Waals surface area (Å²) in [5.74, 6) is 0. The average Bonchev–Trinajstić information content (AvgIpc) is 1.97. The van der Waals surface area contributed by atoms with Gasteiger partial charge in [-0.2, -0.15) is 0 Å². The Hall–Kier alpha value is 0.130. The zero-order valence-electron chi connectivity index (χ0n) is 6.01. The third-order valence-electron chi connectivity index (χ3n) is 1.79. The number of hydrogen-bond acceptors (Lipinski definition) is 4. The van der Waals surface area contributed by atoms with Crippen LogP contribution in [0.5, 0.6) is 0 Å². The Morgan fingerprint density at radius 1 is 1.09 bits per heavy atom. The molecule has 0 aromatic heterocycles. The lowest BCUT2D eigenvalue weighted by Gasteiger charge is -2.36. The van der Waals surface area contributed by atoms with Gasteiger partial charge in [0.2, 0.25) is 0 Å². The third kappa shape index (κ3) is 1.65. The van der Waals surface area contributed by atoms with E-state index in [2.05, 4.69) is 0 Å². The summed E-state index contributed by atoms with van der Waals surface area (Å²) < 4.78 is 4.89. The van der Waals surface area contributed by atoms with E-state index in [0.29, 0.717) is 0 Å². The highest BCUT2D eigenvalue weighted by Gasteiger charge is 2.40. The van der Waals surface area contributed by atoms with Crippen molar-refractivity contribution in [2.24, 2.45) is 0 Å². The lowest BCUT2D eigenvalue weighted by atomic mass is 10.0. The summed E-state index contributed by atoms with van der Waals surface area (Å²) in [4.78, 5) is 0. The molecule has 0 aromatic carbocycles. The van der Waals surface area contributed by atoms with Crippen molar-refractivity contribution in [2.45, 2.75) is 36.9 Å². The highest BCUT2D eigenvalue weighted by atomic mass is 35.5. The molecule has 0 aromatic rings. The number of aliphatic hydroxyl groups is 3. The normalized spacial score (nSPS) is 52.6. The molecule has 1 aliphatic rings. The van der Waals surface area contributed by atoms with E-state index in [4.69, 9.17) is 31.7 Å². The predicted molar refractivity (Wildman–Crippen MR) is 38.2 cm³/mol. The van der Waals surface area contributed by atoms with Gasteiger partial charge in [0.05, 0.1) is 6.10 Å². The van der Waals surface area contributed by atoms with Gasteiger partial charge in [0.15, 0.2) is 5.56 Å². The van der Waals surface area contributed by atoms with Crippen molar-refractivity contribution < 1.29 is 20.1 Å². The summed E-state index contributed by atoms with van der Waals surface area (Å²) in [6, 6.07) is 0. The van der Waals surface area contributed by atoms with Crippen molar-refractivity contribution in [1.82, 2.24) is 0 Å². The van der Waals surface area contributed by atoms with Crippen molar-refractivity contribution in [3.05, 3.63) is 0 Å². The number of hydrogen-bond donors (Lipinski definition) is 3. The highest BCUT2D eigenvalue weighted by Crippen LogP contribution is 2.22.